The summed E-state index contributed by atoms with van der Waals surface area (Å²) in [5.41, 5.74) is 0. The van der Waals surface area contributed by atoms with E-state index in [1.807, 2.05) is 0 Å². The summed E-state index contributed by atoms with van der Waals surface area (Å²) < 4.78 is 228. The maximum Gasteiger partial charge on any atom is 0.460 e. The average molecular weight is 737 g/mol. The summed E-state index contributed by atoms with van der Waals surface area (Å²) >= 11 is 0. The molecule has 1 aliphatic rings. The predicted molar refractivity (Wildman–Crippen MR) is 125 cm³/mol. The van der Waals surface area contributed by atoms with Crippen molar-refractivity contribution in [3.63, 3.8) is 0 Å². The van der Waals surface area contributed by atoms with E-state index in [0.29, 0.717) is 0 Å². The molecule has 0 spiro atoms. The molecule has 0 saturated carbocycles. The summed E-state index contributed by atoms with van der Waals surface area (Å²) in [6.45, 7) is 9.97. The highest BCUT2D eigenvalue weighted by Crippen LogP contribution is 2.62. The molecule has 43 heavy (non-hydrogen) atoms. The van der Waals surface area contributed by atoms with E-state index >= 15 is 0 Å². The molecule has 1 aliphatic heterocycles. The summed E-state index contributed by atoms with van der Waals surface area (Å²) in [5.74, 6) is -52.2. The molecule has 0 aromatic heterocycles. The minimum Gasteiger partial charge on any atom is -0.461 e. The van der Waals surface area contributed by atoms with Crippen molar-refractivity contribution in [2.24, 2.45) is 0 Å². The molecule has 25 heteroatoms. The molecule has 1 heterocycles. The van der Waals surface area contributed by atoms with E-state index in [1.54, 1.807) is 39.3 Å². The molecule has 1 saturated heterocycles. The van der Waals surface area contributed by atoms with E-state index in [4.69, 9.17) is 16.5 Å². The van der Waals surface area contributed by atoms with Crippen molar-refractivity contribution >= 4 is 40.2 Å². The third-order valence-electron chi connectivity index (χ3n) is 5.50. The number of ether oxygens (including phenoxy) is 1. The van der Waals surface area contributed by atoms with Crippen LogP contribution in [0.3, 0.4) is 0 Å². The molecule has 0 aromatic carbocycles. The summed E-state index contributed by atoms with van der Waals surface area (Å²) in [5, 5.41) is 0. The molecular formula is C18H27F15O6Si4. The van der Waals surface area contributed by atoms with Gasteiger partial charge in [-0.2, -0.15) is 65.9 Å². The van der Waals surface area contributed by atoms with Gasteiger partial charge in [0.1, 0.15) is 0 Å². The number of hydrogen-bond acceptors (Lipinski definition) is 6. The minimum atomic E-state index is -8.49. The van der Waals surface area contributed by atoms with Gasteiger partial charge >= 0.3 is 81.9 Å². The van der Waals surface area contributed by atoms with Crippen LogP contribution in [-0.4, -0.2) is 88.5 Å². The van der Waals surface area contributed by atoms with Crippen LogP contribution in [0, 0.1) is 0 Å². The third kappa shape index (κ3) is 7.58. The molecule has 1 rings (SSSR count). The van der Waals surface area contributed by atoms with Gasteiger partial charge in [0.25, 0.3) is 0 Å². The van der Waals surface area contributed by atoms with Crippen LogP contribution < -0.4 is 0 Å². The largest absolute Gasteiger partial charge is 0.461 e. The lowest BCUT2D eigenvalue weighted by molar-refractivity contribution is -0.450. The molecule has 6 nitrogen and oxygen atoms in total. The first-order valence-electron chi connectivity index (χ1n) is 11.8. The van der Waals surface area contributed by atoms with Gasteiger partial charge in [-0.3, -0.25) is 0 Å². The topological polar surface area (TPSA) is 63.2 Å². The molecule has 0 amide bonds. The molecule has 0 atom stereocenters. The Labute approximate surface area is 239 Å². The predicted octanol–water partition coefficient (Wildman–Crippen LogP) is 7.55. The quantitative estimate of drug-likeness (QED) is 0.100. The van der Waals surface area contributed by atoms with E-state index in [2.05, 4.69) is 4.74 Å². The number of rotatable bonds is 10. The molecule has 0 N–H and O–H groups in total. The van der Waals surface area contributed by atoms with E-state index in [0.717, 1.165) is 0 Å². The zero-order valence-electron chi connectivity index (χ0n) is 23.2. The van der Waals surface area contributed by atoms with Crippen LogP contribution in [0.25, 0.3) is 0 Å². The Balaban J connectivity index is 3.15. The Morgan fingerprint density at radius 2 is 0.860 bits per heavy atom. The van der Waals surface area contributed by atoms with E-state index in [9.17, 15) is 70.7 Å². The fourth-order valence-electron chi connectivity index (χ4n) is 4.15. The smallest absolute Gasteiger partial charge is 0.460 e. The Bertz CT molecular complexity index is 1010. The van der Waals surface area contributed by atoms with Gasteiger partial charge in [0.2, 0.25) is 0 Å². The molecule has 0 radical (unpaired) electrons. The van der Waals surface area contributed by atoms with Crippen molar-refractivity contribution in [3.05, 3.63) is 0 Å². The molecule has 0 aliphatic carbocycles. The van der Waals surface area contributed by atoms with Gasteiger partial charge in [0.15, 0.2) is 0 Å². The summed E-state index contributed by atoms with van der Waals surface area (Å²) in [6, 6.07) is -0.267. The maximum atomic E-state index is 14.0. The zero-order valence-corrected chi connectivity index (χ0v) is 27.2. The van der Waals surface area contributed by atoms with Gasteiger partial charge in [-0.05, 0) is 58.3 Å². The second-order valence-corrected chi connectivity index (χ2v) is 25.4. The fourth-order valence-corrected chi connectivity index (χ4v) is 25.7. The molecule has 0 unspecified atom stereocenters. The Morgan fingerprint density at radius 3 is 1.23 bits per heavy atom. The fraction of sp³-hybridized carbons (Fsp3) is 0.944. The lowest BCUT2D eigenvalue weighted by atomic mass is 9.91. The highest BCUT2D eigenvalue weighted by molar-refractivity contribution is 6.93. The summed E-state index contributed by atoms with van der Waals surface area (Å²) in [6.07, 6.45) is -8.29. The maximum absolute atomic E-state index is 14.0. The molecule has 0 bridgehead atoms. The number of halogens is 15. The van der Waals surface area contributed by atoms with E-state index < -0.39 is 95.0 Å². The number of hydrogen-bond donors (Lipinski definition) is 0. The number of carbonyl (C=O) groups excluding carboxylic acids is 1. The van der Waals surface area contributed by atoms with Gasteiger partial charge < -0.3 is 21.2 Å². The minimum absolute atomic E-state index is 0.267. The van der Waals surface area contributed by atoms with Crippen LogP contribution in [0.15, 0.2) is 0 Å². The highest BCUT2D eigenvalue weighted by Gasteiger charge is 2.94. The Kier molecular flexibility index (Phi) is 10.7. The summed E-state index contributed by atoms with van der Waals surface area (Å²) in [4.78, 5) is 11.6. The van der Waals surface area contributed by atoms with Crippen molar-refractivity contribution in [1.82, 2.24) is 0 Å². The highest BCUT2D eigenvalue weighted by atomic mass is 28.5. The van der Waals surface area contributed by atoms with E-state index in [-0.39, 0.29) is 6.04 Å². The van der Waals surface area contributed by atoms with Gasteiger partial charge in [0.05, 0.1) is 6.61 Å². The van der Waals surface area contributed by atoms with Crippen LogP contribution in [0.1, 0.15) is 6.42 Å². The third-order valence-corrected chi connectivity index (χ3v) is 22.0. The molecule has 0 aromatic rings. The second-order valence-electron chi connectivity index (χ2n) is 10.9. The van der Waals surface area contributed by atoms with Crippen LogP contribution in [0.4, 0.5) is 65.9 Å². The van der Waals surface area contributed by atoms with Gasteiger partial charge in [-0.1, -0.05) is 0 Å². The van der Waals surface area contributed by atoms with Crippen LogP contribution in [0.5, 0.6) is 0 Å². The van der Waals surface area contributed by atoms with E-state index in [1.165, 1.54) is 6.55 Å². The standard InChI is InChI=1S/C18H27F15O6Si4/c1-40(2)36-41(3,4)38-43(7,39-42(5,6)37-40)10-8-9-35-11(34)12(19,20)13(21,22)14(23,24)15(25,26)16(27,28)17(29,30)18(31,32)33/h8-10H2,1-7H3. The number of esters is 1. The Morgan fingerprint density at radius 1 is 0.535 bits per heavy atom. The average Bonchev–Trinajstić information content (AvgIpc) is 2.71. The SMILES string of the molecule is C[Si]1(C)O[Si](C)(C)O[Si](C)(CCCOC(=O)C(F)(F)C(F)(F)C(F)(F)C(F)(F)C(F)(F)C(F)(F)C(F)(F)F)O[Si](C)(C)O1. The first-order valence-corrected chi connectivity index (χ1v) is 22.7. The lowest BCUT2D eigenvalue weighted by Crippen LogP contribution is -2.73. The second kappa shape index (κ2) is 11.4. The first-order chi connectivity index (χ1) is 18.5. The molecule has 1 fully saturated rings. The van der Waals surface area contributed by atoms with Crippen molar-refractivity contribution in [2.45, 2.75) is 100 Å². The molecular weight excluding hydrogens is 710 g/mol. The van der Waals surface area contributed by atoms with Gasteiger partial charge in [0, 0.05) is 0 Å². The Hall–Kier alpha value is -0.872. The van der Waals surface area contributed by atoms with Crippen molar-refractivity contribution < 1.29 is 91.8 Å². The van der Waals surface area contributed by atoms with Crippen LogP contribution in [-0.2, 0) is 26.0 Å². The lowest BCUT2D eigenvalue weighted by Gasteiger charge is -2.47. The van der Waals surface area contributed by atoms with Crippen LogP contribution >= 0.6 is 0 Å². The van der Waals surface area contributed by atoms with Crippen molar-refractivity contribution in [2.75, 3.05) is 6.61 Å². The van der Waals surface area contributed by atoms with Crippen LogP contribution in [0.2, 0.25) is 51.9 Å². The van der Waals surface area contributed by atoms with Crippen molar-refractivity contribution in [1.29, 1.82) is 0 Å². The van der Waals surface area contributed by atoms with Gasteiger partial charge in [-0.15, -0.1) is 0 Å². The number of alkyl halides is 15. The van der Waals surface area contributed by atoms with Crippen molar-refractivity contribution in [3.8, 4) is 0 Å². The monoisotopic (exact) mass is 736 g/mol. The zero-order chi connectivity index (χ0) is 34.7. The number of carbonyl (C=O) groups is 1. The normalized spacial score (nSPS) is 22.0. The molecule has 256 valence electrons. The summed E-state index contributed by atoms with van der Waals surface area (Å²) in [7, 11) is -12.1. The van der Waals surface area contributed by atoms with Gasteiger partial charge in [-0.25, -0.2) is 4.79 Å². The first kappa shape index (κ1) is 40.2.